The standard InChI is InChI=1S/C30H33N5O/c36-30(25-8-4-10-26-24(25)9-5-17-31-26)32-23-13-11-21(12-14-23)15-18-35-19-16-27-28(20-35)34-29(33-27)22-6-2-1-3-7-22/h1-10,17,21,23H,11-16,18-20H2,(H,32,36)(H,33,34)/t21-,23-. The summed E-state index contributed by atoms with van der Waals surface area (Å²) in [7, 11) is 0. The maximum atomic E-state index is 13.0. The molecule has 0 spiro atoms. The number of aromatic amines is 1. The van der Waals surface area contributed by atoms with Gasteiger partial charge in [-0.25, -0.2) is 4.98 Å². The minimum absolute atomic E-state index is 0.0232. The lowest BCUT2D eigenvalue weighted by Crippen LogP contribution is -2.38. The predicted molar refractivity (Wildman–Crippen MR) is 143 cm³/mol. The van der Waals surface area contributed by atoms with E-state index < -0.39 is 0 Å². The Labute approximate surface area is 212 Å². The van der Waals surface area contributed by atoms with E-state index >= 15 is 0 Å². The zero-order chi connectivity index (χ0) is 24.3. The van der Waals surface area contributed by atoms with E-state index in [1.807, 2.05) is 36.4 Å². The van der Waals surface area contributed by atoms with Crippen LogP contribution < -0.4 is 5.32 Å². The zero-order valence-corrected chi connectivity index (χ0v) is 20.6. The van der Waals surface area contributed by atoms with Crippen LogP contribution in [-0.4, -0.2) is 44.9 Å². The topological polar surface area (TPSA) is 73.9 Å². The molecule has 1 aliphatic heterocycles. The van der Waals surface area contributed by atoms with Crippen LogP contribution in [0, 0.1) is 5.92 Å². The third-order valence-electron chi connectivity index (χ3n) is 7.89. The van der Waals surface area contributed by atoms with Crippen LogP contribution >= 0.6 is 0 Å². The summed E-state index contributed by atoms with van der Waals surface area (Å²) in [6, 6.07) is 20.3. The summed E-state index contributed by atoms with van der Waals surface area (Å²) in [5.41, 5.74) is 5.24. The molecule has 1 saturated carbocycles. The van der Waals surface area contributed by atoms with E-state index in [0.717, 1.165) is 72.7 Å². The monoisotopic (exact) mass is 479 g/mol. The molecule has 6 rings (SSSR count). The minimum atomic E-state index is 0.0232. The molecule has 2 aromatic carbocycles. The average Bonchev–Trinajstić information content (AvgIpc) is 3.36. The van der Waals surface area contributed by atoms with Crippen molar-refractivity contribution >= 4 is 16.8 Å². The number of nitrogens with zero attached hydrogens (tertiary/aromatic N) is 3. The summed E-state index contributed by atoms with van der Waals surface area (Å²) in [4.78, 5) is 28.4. The summed E-state index contributed by atoms with van der Waals surface area (Å²) < 4.78 is 0. The maximum Gasteiger partial charge on any atom is 0.252 e. The molecule has 6 heteroatoms. The summed E-state index contributed by atoms with van der Waals surface area (Å²) in [5.74, 6) is 1.75. The molecule has 1 aliphatic carbocycles. The lowest BCUT2D eigenvalue weighted by molar-refractivity contribution is 0.0921. The van der Waals surface area contributed by atoms with Crippen LogP contribution in [0.4, 0.5) is 0 Å². The molecule has 2 aliphatic rings. The van der Waals surface area contributed by atoms with Crippen LogP contribution in [-0.2, 0) is 13.0 Å². The van der Waals surface area contributed by atoms with E-state index in [1.165, 1.54) is 30.7 Å². The number of amides is 1. The smallest absolute Gasteiger partial charge is 0.252 e. The second-order valence-electron chi connectivity index (χ2n) is 10.3. The molecule has 36 heavy (non-hydrogen) atoms. The Kier molecular flexibility index (Phi) is 6.51. The lowest BCUT2D eigenvalue weighted by Gasteiger charge is -2.32. The van der Waals surface area contributed by atoms with Crippen LogP contribution in [0.2, 0.25) is 0 Å². The van der Waals surface area contributed by atoms with E-state index in [9.17, 15) is 4.79 Å². The van der Waals surface area contributed by atoms with Gasteiger partial charge in [0.25, 0.3) is 5.91 Å². The van der Waals surface area contributed by atoms with Crippen molar-refractivity contribution in [3.63, 3.8) is 0 Å². The Balaban J connectivity index is 0.980. The van der Waals surface area contributed by atoms with Crippen LogP contribution in [0.3, 0.4) is 0 Å². The fourth-order valence-electron chi connectivity index (χ4n) is 5.79. The maximum absolute atomic E-state index is 13.0. The van der Waals surface area contributed by atoms with Crippen molar-refractivity contribution in [1.29, 1.82) is 0 Å². The van der Waals surface area contributed by atoms with E-state index in [-0.39, 0.29) is 11.9 Å². The van der Waals surface area contributed by atoms with Gasteiger partial charge in [-0.05, 0) is 62.8 Å². The Morgan fingerprint density at radius 1 is 1.00 bits per heavy atom. The first-order chi connectivity index (χ1) is 17.7. The normalized spacial score (nSPS) is 20.2. The van der Waals surface area contributed by atoms with Gasteiger partial charge in [-0.1, -0.05) is 42.5 Å². The largest absolute Gasteiger partial charge is 0.349 e. The summed E-state index contributed by atoms with van der Waals surface area (Å²) in [6.45, 7) is 3.15. The third kappa shape index (κ3) is 4.91. The molecule has 1 fully saturated rings. The third-order valence-corrected chi connectivity index (χ3v) is 7.89. The molecular weight excluding hydrogens is 446 g/mol. The van der Waals surface area contributed by atoms with Gasteiger partial charge in [0, 0.05) is 54.0 Å². The van der Waals surface area contributed by atoms with Crippen molar-refractivity contribution in [1.82, 2.24) is 25.2 Å². The summed E-state index contributed by atoms with van der Waals surface area (Å²) >= 11 is 0. The number of aromatic nitrogens is 3. The predicted octanol–water partition coefficient (Wildman–Crippen LogP) is 5.36. The molecule has 0 unspecified atom stereocenters. The first-order valence-corrected chi connectivity index (χ1v) is 13.2. The Bertz CT molecular complexity index is 1330. The fraction of sp³-hybridized carbons (Fsp3) is 0.367. The second-order valence-corrected chi connectivity index (χ2v) is 10.3. The SMILES string of the molecule is O=C(N[C@H]1CC[C@H](CCN2CCc3[nH]c(-c4ccccc4)nc3C2)CC1)c1cccc2ncccc12. The Morgan fingerprint density at radius 3 is 2.72 bits per heavy atom. The van der Waals surface area contributed by atoms with Gasteiger partial charge in [0.05, 0.1) is 11.2 Å². The highest BCUT2D eigenvalue weighted by atomic mass is 16.1. The highest BCUT2D eigenvalue weighted by Gasteiger charge is 2.25. The number of benzene rings is 2. The number of carbonyl (C=O) groups excluding carboxylic acids is 1. The van der Waals surface area contributed by atoms with E-state index in [4.69, 9.17) is 4.98 Å². The van der Waals surface area contributed by atoms with Crippen LogP contribution in [0.15, 0.2) is 66.9 Å². The lowest BCUT2D eigenvalue weighted by atomic mass is 9.84. The first-order valence-electron chi connectivity index (χ1n) is 13.2. The van der Waals surface area contributed by atoms with Crippen molar-refractivity contribution in [3.05, 3.63) is 83.8 Å². The quantitative estimate of drug-likeness (QED) is 0.390. The first kappa shape index (κ1) is 22.9. The number of pyridine rings is 1. The van der Waals surface area contributed by atoms with E-state index in [2.05, 4.69) is 44.5 Å². The van der Waals surface area contributed by atoms with Crippen molar-refractivity contribution < 1.29 is 4.79 Å². The molecule has 2 N–H and O–H groups in total. The van der Waals surface area contributed by atoms with Crippen molar-refractivity contribution in [3.8, 4) is 11.4 Å². The molecular formula is C30H33N5O. The van der Waals surface area contributed by atoms with Gasteiger partial charge in [0.2, 0.25) is 0 Å². The molecule has 0 radical (unpaired) electrons. The van der Waals surface area contributed by atoms with Crippen molar-refractivity contribution in [2.45, 2.75) is 51.1 Å². The van der Waals surface area contributed by atoms with Crippen molar-refractivity contribution in [2.75, 3.05) is 13.1 Å². The molecule has 184 valence electrons. The number of H-pyrrole nitrogens is 1. The van der Waals surface area contributed by atoms with Gasteiger partial charge < -0.3 is 10.3 Å². The number of hydrogen-bond donors (Lipinski definition) is 2. The molecule has 6 nitrogen and oxygen atoms in total. The van der Waals surface area contributed by atoms with E-state index in [0.29, 0.717) is 0 Å². The van der Waals surface area contributed by atoms with Gasteiger partial charge in [0.1, 0.15) is 5.82 Å². The molecule has 1 amide bonds. The highest BCUT2D eigenvalue weighted by Crippen LogP contribution is 2.29. The van der Waals surface area contributed by atoms with E-state index in [1.54, 1.807) is 6.20 Å². The van der Waals surface area contributed by atoms with Crippen LogP contribution in [0.1, 0.15) is 53.8 Å². The molecule has 0 atom stereocenters. The summed E-state index contributed by atoms with van der Waals surface area (Å²) in [6.07, 6.45) is 8.51. The number of imidazole rings is 1. The van der Waals surface area contributed by atoms with Gasteiger partial charge in [-0.3, -0.25) is 14.7 Å². The molecule has 4 aromatic rings. The number of fused-ring (bicyclic) bond motifs is 2. The number of nitrogens with one attached hydrogen (secondary N) is 2. The highest BCUT2D eigenvalue weighted by molar-refractivity contribution is 6.06. The van der Waals surface area contributed by atoms with Crippen LogP contribution in [0.5, 0.6) is 0 Å². The van der Waals surface area contributed by atoms with Crippen molar-refractivity contribution in [2.24, 2.45) is 5.92 Å². The summed E-state index contributed by atoms with van der Waals surface area (Å²) in [5, 5.41) is 4.21. The Hall–Kier alpha value is -3.51. The molecule has 3 heterocycles. The Morgan fingerprint density at radius 2 is 1.86 bits per heavy atom. The zero-order valence-electron chi connectivity index (χ0n) is 20.6. The fourth-order valence-corrected chi connectivity index (χ4v) is 5.79. The minimum Gasteiger partial charge on any atom is -0.349 e. The van der Waals surface area contributed by atoms with Gasteiger partial charge >= 0.3 is 0 Å². The van der Waals surface area contributed by atoms with Crippen LogP contribution in [0.25, 0.3) is 22.3 Å². The molecule has 0 saturated heterocycles. The number of hydrogen-bond acceptors (Lipinski definition) is 4. The molecule has 0 bridgehead atoms. The number of carbonyl (C=O) groups is 1. The van der Waals surface area contributed by atoms with Gasteiger partial charge in [-0.2, -0.15) is 0 Å². The average molecular weight is 480 g/mol. The van der Waals surface area contributed by atoms with Gasteiger partial charge in [0.15, 0.2) is 0 Å². The van der Waals surface area contributed by atoms with Gasteiger partial charge in [-0.15, -0.1) is 0 Å². The molecule has 2 aromatic heterocycles. The second kappa shape index (κ2) is 10.2. The number of rotatable bonds is 6.